The fourth-order valence-corrected chi connectivity index (χ4v) is 5.32. The molecular formula is C29H28N2O3S. The number of carbonyl (C=O) groups excluding carboxylic acids is 1. The molecule has 5 nitrogen and oxygen atoms in total. The average Bonchev–Trinajstić information content (AvgIpc) is 2.87. The molecular weight excluding hydrogens is 456 g/mol. The number of anilines is 1. The molecule has 0 fully saturated rings. The van der Waals surface area contributed by atoms with Crippen LogP contribution in [0.5, 0.6) is 0 Å². The normalized spacial score (nSPS) is 11.1. The monoisotopic (exact) mass is 484 g/mol. The fourth-order valence-electron chi connectivity index (χ4n) is 3.85. The van der Waals surface area contributed by atoms with E-state index >= 15 is 0 Å². The Balaban J connectivity index is 1.73. The number of nitrogens with zero attached hydrogens (tertiary/aromatic N) is 1. The van der Waals surface area contributed by atoms with E-state index in [1.807, 2.05) is 68.4 Å². The van der Waals surface area contributed by atoms with Gasteiger partial charge in [-0.3, -0.25) is 9.10 Å². The number of aryl methyl sites for hydroxylation is 2. The lowest BCUT2D eigenvalue weighted by Gasteiger charge is -2.27. The van der Waals surface area contributed by atoms with Crippen molar-refractivity contribution < 1.29 is 13.2 Å². The van der Waals surface area contributed by atoms with Crippen LogP contribution in [0.4, 0.5) is 5.69 Å². The molecule has 0 aromatic heterocycles. The van der Waals surface area contributed by atoms with Crippen molar-refractivity contribution in [2.45, 2.75) is 31.8 Å². The molecule has 4 aromatic rings. The van der Waals surface area contributed by atoms with Gasteiger partial charge in [0.05, 0.1) is 22.7 Å². The summed E-state index contributed by atoms with van der Waals surface area (Å²) in [7, 11) is -3.95. The van der Waals surface area contributed by atoms with Gasteiger partial charge in [0.2, 0.25) is 0 Å². The first-order chi connectivity index (χ1) is 16.9. The van der Waals surface area contributed by atoms with Crippen molar-refractivity contribution >= 4 is 21.6 Å². The molecule has 0 saturated carbocycles. The minimum Gasteiger partial charge on any atom is -0.348 e. The number of para-hydroxylation sites is 1. The molecule has 0 aliphatic heterocycles. The van der Waals surface area contributed by atoms with Crippen LogP contribution in [0.15, 0.2) is 108 Å². The predicted octanol–water partition coefficient (Wildman–Crippen LogP) is 5.63. The van der Waals surface area contributed by atoms with Gasteiger partial charge in [0.15, 0.2) is 0 Å². The van der Waals surface area contributed by atoms with Crippen molar-refractivity contribution in [3.8, 4) is 0 Å². The van der Waals surface area contributed by atoms with Crippen molar-refractivity contribution in [1.82, 2.24) is 5.32 Å². The Morgan fingerprint density at radius 3 is 2.11 bits per heavy atom. The van der Waals surface area contributed by atoms with Crippen LogP contribution in [0.2, 0.25) is 0 Å². The van der Waals surface area contributed by atoms with E-state index in [0.717, 1.165) is 22.3 Å². The number of sulfonamides is 1. The number of rotatable bonds is 8. The van der Waals surface area contributed by atoms with Crippen molar-refractivity contribution in [2.24, 2.45) is 0 Å². The van der Waals surface area contributed by atoms with Crippen LogP contribution in [0.3, 0.4) is 0 Å². The third kappa shape index (κ3) is 5.61. The van der Waals surface area contributed by atoms with Gasteiger partial charge in [-0.15, -0.1) is 0 Å². The van der Waals surface area contributed by atoms with Crippen LogP contribution in [0, 0.1) is 13.8 Å². The number of amides is 1. The van der Waals surface area contributed by atoms with E-state index in [1.165, 1.54) is 4.31 Å². The minimum absolute atomic E-state index is 0.0964. The van der Waals surface area contributed by atoms with Crippen molar-refractivity contribution in [2.75, 3.05) is 4.31 Å². The van der Waals surface area contributed by atoms with Gasteiger partial charge in [-0.05, 0) is 54.8 Å². The van der Waals surface area contributed by atoms with Crippen LogP contribution in [0.1, 0.15) is 32.6 Å². The Bertz CT molecular complexity index is 1420. The Kier molecular flexibility index (Phi) is 7.32. The standard InChI is InChI=1S/C29H28N2O3S/c1-22-16-18-26(19-17-22)35(33,34)31(21-24-11-4-3-5-12-24)28-15-9-8-14-27(28)29(32)30-20-25-13-7-6-10-23(25)2/h3-19H,20-21H2,1-2H3,(H,30,32). The highest BCUT2D eigenvalue weighted by Crippen LogP contribution is 2.29. The number of hydrogen-bond donors (Lipinski definition) is 1. The summed E-state index contributed by atoms with van der Waals surface area (Å²) in [6, 6.07) is 30.8. The van der Waals surface area contributed by atoms with Crippen LogP contribution >= 0.6 is 0 Å². The third-order valence-corrected chi connectivity index (χ3v) is 7.67. The molecule has 4 rings (SSSR count). The summed E-state index contributed by atoms with van der Waals surface area (Å²) in [5.74, 6) is -0.332. The van der Waals surface area contributed by atoms with Crippen LogP contribution < -0.4 is 9.62 Å². The maximum absolute atomic E-state index is 13.8. The minimum atomic E-state index is -3.95. The second-order valence-corrected chi connectivity index (χ2v) is 10.3. The van der Waals surface area contributed by atoms with E-state index in [4.69, 9.17) is 0 Å². The molecule has 0 saturated heterocycles. The Morgan fingerprint density at radius 2 is 1.40 bits per heavy atom. The van der Waals surface area contributed by atoms with Crippen LogP contribution in [-0.2, 0) is 23.1 Å². The van der Waals surface area contributed by atoms with E-state index in [-0.39, 0.29) is 17.3 Å². The third-order valence-electron chi connectivity index (χ3n) is 5.90. The molecule has 1 amide bonds. The molecule has 0 atom stereocenters. The smallest absolute Gasteiger partial charge is 0.264 e. The lowest BCUT2D eigenvalue weighted by Crippen LogP contribution is -2.33. The predicted molar refractivity (Wildman–Crippen MR) is 140 cm³/mol. The first kappa shape index (κ1) is 24.2. The highest BCUT2D eigenvalue weighted by Gasteiger charge is 2.28. The number of nitrogens with one attached hydrogen (secondary N) is 1. The molecule has 35 heavy (non-hydrogen) atoms. The van der Waals surface area contributed by atoms with Crippen molar-refractivity contribution in [3.63, 3.8) is 0 Å². The molecule has 4 aromatic carbocycles. The molecule has 0 aliphatic carbocycles. The molecule has 0 spiro atoms. The summed E-state index contributed by atoms with van der Waals surface area (Å²) in [5.41, 5.74) is 4.50. The van der Waals surface area contributed by atoms with Gasteiger partial charge >= 0.3 is 0 Å². The lowest BCUT2D eigenvalue weighted by molar-refractivity contribution is 0.0951. The SMILES string of the molecule is Cc1ccc(S(=O)(=O)N(Cc2ccccc2)c2ccccc2C(=O)NCc2ccccc2C)cc1. The molecule has 1 N–H and O–H groups in total. The lowest BCUT2D eigenvalue weighted by atomic mass is 10.1. The van der Waals surface area contributed by atoms with E-state index in [1.54, 1.807) is 48.5 Å². The first-order valence-corrected chi connectivity index (χ1v) is 12.9. The summed E-state index contributed by atoms with van der Waals surface area (Å²) in [5, 5.41) is 2.95. The zero-order valence-electron chi connectivity index (χ0n) is 19.8. The van der Waals surface area contributed by atoms with E-state index < -0.39 is 10.0 Å². The van der Waals surface area contributed by atoms with Gasteiger partial charge in [0, 0.05) is 6.54 Å². The molecule has 0 unspecified atom stereocenters. The zero-order chi connectivity index (χ0) is 24.8. The summed E-state index contributed by atoms with van der Waals surface area (Å²) < 4.78 is 29.0. The maximum Gasteiger partial charge on any atom is 0.264 e. The van der Waals surface area contributed by atoms with Gasteiger partial charge in [-0.25, -0.2) is 8.42 Å². The highest BCUT2D eigenvalue weighted by molar-refractivity contribution is 7.92. The maximum atomic E-state index is 13.8. The van der Waals surface area contributed by atoms with Crippen molar-refractivity contribution in [3.05, 3.63) is 131 Å². The molecule has 0 heterocycles. The number of benzene rings is 4. The summed E-state index contributed by atoms with van der Waals surface area (Å²) in [4.78, 5) is 13.5. The molecule has 178 valence electrons. The largest absolute Gasteiger partial charge is 0.348 e. The molecule has 0 bridgehead atoms. The van der Waals surface area contributed by atoms with Crippen molar-refractivity contribution in [1.29, 1.82) is 0 Å². The van der Waals surface area contributed by atoms with E-state index in [2.05, 4.69) is 5.32 Å². The molecule has 0 radical (unpaired) electrons. The van der Waals surface area contributed by atoms with E-state index in [9.17, 15) is 13.2 Å². The summed E-state index contributed by atoms with van der Waals surface area (Å²) >= 11 is 0. The van der Waals surface area contributed by atoms with Crippen LogP contribution in [0.25, 0.3) is 0 Å². The van der Waals surface area contributed by atoms with Gasteiger partial charge in [0.1, 0.15) is 0 Å². The van der Waals surface area contributed by atoms with Gasteiger partial charge in [-0.2, -0.15) is 0 Å². The Labute approximate surface area is 207 Å². The van der Waals surface area contributed by atoms with E-state index in [0.29, 0.717) is 17.8 Å². The fraction of sp³-hybridized carbons (Fsp3) is 0.138. The Morgan fingerprint density at radius 1 is 0.771 bits per heavy atom. The Hall–Kier alpha value is -3.90. The van der Waals surface area contributed by atoms with Gasteiger partial charge in [0.25, 0.3) is 15.9 Å². The zero-order valence-corrected chi connectivity index (χ0v) is 20.6. The van der Waals surface area contributed by atoms with Gasteiger partial charge in [-0.1, -0.05) is 84.4 Å². The molecule has 6 heteroatoms. The highest BCUT2D eigenvalue weighted by atomic mass is 32.2. The quantitative estimate of drug-likeness (QED) is 0.353. The van der Waals surface area contributed by atoms with Gasteiger partial charge < -0.3 is 5.32 Å². The second-order valence-electron chi connectivity index (χ2n) is 8.44. The number of hydrogen-bond acceptors (Lipinski definition) is 3. The first-order valence-electron chi connectivity index (χ1n) is 11.4. The van der Waals surface area contributed by atoms with Crippen LogP contribution in [-0.4, -0.2) is 14.3 Å². The number of carbonyl (C=O) groups is 1. The second kappa shape index (κ2) is 10.6. The topological polar surface area (TPSA) is 66.5 Å². The summed E-state index contributed by atoms with van der Waals surface area (Å²) in [6.45, 7) is 4.35. The molecule has 0 aliphatic rings. The average molecular weight is 485 g/mol. The summed E-state index contributed by atoms with van der Waals surface area (Å²) in [6.07, 6.45) is 0.